The zero-order chi connectivity index (χ0) is 14.4. The molecule has 0 bridgehead atoms. The fraction of sp³-hybridized carbons (Fsp3) is 0.188. The van der Waals surface area contributed by atoms with E-state index >= 15 is 0 Å². The van der Waals surface area contributed by atoms with Gasteiger partial charge in [-0.3, -0.25) is 4.79 Å². The Balaban J connectivity index is 1.78. The van der Waals surface area contributed by atoms with Gasteiger partial charge < -0.3 is 10.4 Å². The van der Waals surface area contributed by atoms with E-state index in [1.807, 2.05) is 12.1 Å². The Labute approximate surface area is 117 Å². The van der Waals surface area contributed by atoms with Crippen molar-refractivity contribution in [2.75, 3.05) is 6.54 Å². The number of para-hydroxylation sites is 1. The van der Waals surface area contributed by atoms with Crippen LogP contribution in [0.1, 0.15) is 11.1 Å². The lowest BCUT2D eigenvalue weighted by atomic mass is 10.1. The number of aromatic hydroxyl groups is 1. The maximum atomic E-state index is 12.7. The Morgan fingerprint density at radius 1 is 1.10 bits per heavy atom. The number of hydrogen-bond acceptors (Lipinski definition) is 2. The van der Waals surface area contributed by atoms with Crippen molar-refractivity contribution in [3.05, 3.63) is 65.5 Å². The second-order valence-corrected chi connectivity index (χ2v) is 4.53. The highest BCUT2D eigenvalue weighted by atomic mass is 19.1. The fourth-order valence-electron chi connectivity index (χ4n) is 1.91. The number of nitrogens with one attached hydrogen (secondary N) is 1. The van der Waals surface area contributed by atoms with Crippen LogP contribution in [0.25, 0.3) is 0 Å². The number of amides is 1. The monoisotopic (exact) mass is 273 g/mol. The number of phenols is 1. The Morgan fingerprint density at radius 3 is 2.50 bits per heavy atom. The van der Waals surface area contributed by atoms with Crippen LogP contribution in [0.3, 0.4) is 0 Å². The third-order valence-corrected chi connectivity index (χ3v) is 2.99. The second kappa shape index (κ2) is 6.70. The summed E-state index contributed by atoms with van der Waals surface area (Å²) in [6, 6.07) is 12.9. The van der Waals surface area contributed by atoms with E-state index in [9.17, 15) is 14.3 Å². The minimum absolute atomic E-state index is 0.118. The highest BCUT2D eigenvalue weighted by Crippen LogP contribution is 2.15. The summed E-state index contributed by atoms with van der Waals surface area (Å²) >= 11 is 0. The molecule has 0 saturated carbocycles. The first-order valence-corrected chi connectivity index (χ1v) is 6.43. The van der Waals surface area contributed by atoms with Crippen LogP contribution in [0.5, 0.6) is 5.75 Å². The molecule has 0 saturated heterocycles. The molecule has 1 amide bonds. The molecule has 4 heteroatoms. The van der Waals surface area contributed by atoms with Crippen molar-refractivity contribution in [1.82, 2.24) is 5.32 Å². The van der Waals surface area contributed by atoms with Gasteiger partial charge in [-0.25, -0.2) is 4.39 Å². The van der Waals surface area contributed by atoms with Crippen LogP contribution in [-0.2, 0) is 17.6 Å². The first kappa shape index (κ1) is 14.1. The van der Waals surface area contributed by atoms with E-state index in [1.54, 1.807) is 24.3 Å². The molecule has 20 heavy (non-hydrogen) atoms. The van der Waals surface area contributed by atoms with Gasteiger partial charge in [-0.1, -0.05) is 30.3 Å². The maximum absolute atomic E-state index is 12.7. The van der Waals surface area contributed by atoms with E-state index in [2.05, 4.69) is 5.32 Å². The van der Waals surface area contributed by atoms with Gasteiger partial charge in [-0.05, 0) is 35.7 Å². The standard InChI is InChI=1S/C16H16FNO2/c17-14-7-5-12(6-8-14)11-16(20)18-10-9-13-3-1-2-4-15(13)19/h1-8,19H,9-11H2,(H,18,20). The molecule has 2 rings (SSSR count). The summed E-state index contributed by atoms with van der Waals surface area (Å²) in [7, 11) is 0. The summed E-state index contributed by atoms with van der Waals surface area (Å²) in [5.41, 5.74) is 1.57. The fourth-order valence-corrected chi connectivity index (χ4v) is 1.91. The van der Waals surface area contributed by atoms with E-state index in [-0.39, 0.29) is 23.9 Å². The predicted octanol–water partition coefficient (Wildman–Crippen LogP) is 2.43. The average molecular weight is 273 g/mol. The van der Waals surface area contributed by atoms with Gasteiger partial charge in [0.05, 0.1) is 6.42 Å². The number of phenolic OH excluding ortho intramolecular Hbond substituents is 1. The van der Waals surface area contributed by atoms with Crippen molar-refractivity contribution in [3.63, 3.8) is 0 Å². The van der Waals surface area contributed by atoms with Crippen LogP contribution in [-0.4, -0.2) is 17.6 Å². The van der Waals surface area contributed by atoms with Crippen molar-refractivity contribution in [2.24, 2.45) is 0 Å². The van der Waals surface area contributed by atoms with Crippen LogP contribution in [0, 0.1) is 5.82 Å². The Hall–Kier alpha value is -2.36. The lowest BCUT2D eigenvalue weighted by Gasteiger charge is -2.07. The van der Waals surface area contributed by atoms with E-state index in [4.69, 9.17) is 0 Å². The molecule has 0 aliphatic carbocycles. The summed E-state index contributed by atoms with van der Waals surface area (Å²) < 4.78 is 12.7. The summed E-state index contributed by atoms with van der Waals surface area (Å²) in [6.07, 6.45) is 0.795. The molecule has 0 aromatic heterocycles. The minimum atomic E-state index is -0.311. The Kier molecular flexibility index (Phi) is 4.71. The van der Waals surface area contributed by atoms with Crippen molar-refractivity contribution in [1.29, 1.82) is 0 Å². The van der Waals surface area contributed by atoms with Gasteiger partial charge in [0.1, 0.15) is 11.6 Å². The lowest BCUT2D eigenvalue weighted by molar-refractivity contribution is -0.120. The molecule has 0 spiro atoms. The summed E-state index contributed by atoms with van der Waals surface area (Å²) in [5.74, 6) is -0.193. The van der Waals surface area contributed by atoms with Crippen molar-refractivity contribution >= 4 is 5.91 Å². The Bertz CT molecular complexity index is 581. The molecule has 0 aliphatic rings. The van der Waals surface area contributed by atoms with E-state index in [1.165, 1.54) is 12.1 Å². The quantitative estimate of drug-likeness (QED) is 0.879. The molecule has 3 nitrogen and oxygen atoms in total. The SMILES string of the molecule is O=C(Cc1ccc(F)cc1)NCCc1ccccc1O. The van der Waals surface area contributed by atoms with Gasteiger partial charge >= 0.3 is 0 Å². The number of benzene rings is 2. The number of rotatable bonds is 5. The molecule has 0 aliphatic heterocycles. The van der Waals surface area contributed by atoms with Crippen molar-refractivity contribution < 1.29 is 14.3 Å². The minimum Gasteiger partial charge on any atom is -0.508 e. The van der Waals surface area contributed by atoms with Crippen LogP contribution >= 0.6 is 0 Å². The third kappa shape index (κ3) is 4.09. The molecule has 2 N–H and O–H groups in total. The second-order valence-electron chi connectivity index (χ2n) is 4.53. The smallest absolute Gasteiger partial charge is 0.224 e. The van der Waals surface area contributed by atoms with Gasteiger partial charge in [0.2, 0.25) is 5.91 Å². The number of carbonyl (C=O) groups is 1. The normalized spacial score (nSPS) is 10.2. The molecule has 0 radical (unpaired) electrons. The van der Waals surface area contributed by atoms with Gasteiger partial charge in [0, 0.05) is 6.54 Å². The van der Waals surface area contributed by atoms with E-state index < -0.39 is 0 Å². The topological polar surface area (TPSA) is 49.3 Å². The number of carbonyl (C=O) groups excluding carboxylic acids is 1. The van der Waals surface area contributed by atoms with Gasteiger partial charge in [-0.2, -0.15) is 0 Å². The lowest BCUT2D eigenvalue weighted by Crippen LogP contribution is -2.27. The van der Waals surface area contributed by atoms with Crippen molar-refractivity contribution in [3.8, 4) is 5.75 Å². The van der Waals surface area contributed by atoms with Crippen LogP contribution in [0.4, 0.5) is 4.39 Å². The first-order valence-electron chi connectivity index (χ1n) is 6.43. The van der Waals surface area contributed by atoms with Crippen LogP contribution in [0.15, 0.2) is 48.5 Å². The van der Waals surface area contributed by atoms with Gasteiger partial charge in [0.25, 0.3) is 0 Å². The van der Waals surface area contributed by atoms with E-state index in [0.717, 1.165) is 11.1 Å². The maximum Gasteiger partial charge on any atom is 0.224 e. The summed E-state index contributed by atoms with van der Waals surface area (Å²) in [4.78, 5) is 11.7. The number of halogens is 1. The molecule has 0 atom stereocenters. The summed E-state index contributed by atoms with van der Waals surface area (Å²) in [5, 5.41) is 12.4. The highest BCUT2D eigenvalue weighted by Gasteiger charge is 2.04. The summed E-state index contributed by atoms with van der Waals surface area (Å²) in [6.45, 7) is 0.456. The highest BCUT2D eigenvalue weighted by molar-refractivity contribution is 5.78. The molecule has 0 heterocycles. The molecule has 2 aromatic carbocycles. The van der Waals surface area contributed by atoms with Crippen LogP contribution in [0.2, 0.25) is 0 Å². The third-order valence-electron chi connectivity index (χ3n) is 2.99. The average Bonchev–Trinajstić information content (AvgIpc) is 2.43. The predicted molar refractivity (Wildman–Crippen MR) is 74.9 cm³/mol. The van der Waals surface area contributed by atoms with E-state index in [0.29, 0.717) is 13.0 Å². The van der Waals surface area contributed by atoms with Crippen LogP contribution < -0.4 is 5.32 Å². The molecule has 2 aromatic rings. The van der Waals surface area contributed by atoms with Gasteiger partial charge in [0.15, 0.2) is 0 Å². The van der Waals surface area contributed by atoms with Crippen molar-refractivity contribution in [2.45, 2.75) is 12.8 Å². The molecule has 104 valence electrons. The zero-order valence-corrected chi connectivity index (χ0v) is 11.0. The zero-order valence-electron chi connectivity index (χ0n) is 11.0. The van der Waals surface area contributed by atoms with Gasteiger partial charge in [-0.15, -0.1) is 0 Å². The first-order chi connectivity index (χ1) is 9.65. The molecule has 0 fully saturated rings. The molecular weight excluding hydrogens is 257 g/mol. The molecular formula is C16H16FNO2. The molecule has 0 unspecified atom stereocenters. The number of hydrogen-bond donors (Lipinski definition) is 2. The largest absolute Gasteiger partial charge is 0.508 e. The Morgan fingerprint density at radius 2 is 1.80 bits per heavy atom.